The highest BCUT2D eigenvalue weighted by molar-refractivity contribution is 7.89. The molecule has 0 radical (unpaired) electrons. The first kappa shape index (κ1) is 13.1. The fourth-order valence-electron chi connectivity index (χ4n) is 1.63. The lowest BCUT2D eigenvalue weighted by atomic mass is 10.1. The number of nitrogen functional groups attached to an aromatic ring is 1. The van der Waals surface area contributed by atoms with Gasteiger partial charge in [-0.3, -0.25) is 5.10 Å². The molecule has 1 atom stereocenters. The highest BCUT2D eigenvalue weighted by Crippen LogP contribution is 2.15. The molecule has 2 aromatic heterocycles. The summed E-state index contributed by atoms with van der Waals surface area (Å²) in [5, 5.41) is 9.97. The number of sulfonamides is 1. The smallest absolute Gasteiger partial charge is 0.246 e. The average molecular weight is 286 g/mol. The lowest BCUT2D eigenvalue weighted by molar-refractivity contribution is 0.560. The maximum absolute atomic E-state index is 12.0. The van der Waals surface area contributed by atoms with Crippen LogP contribution >= 0.6 is 11.3 Å². The van der Waals surface area contributed by atoms with Crippen molar-refractivity contribution in [3.63, 3.8) is 0 Å². The van der Waals surface area contributed by atoms with E-state index in [1.165, 1.54) is 6.20 Å². The van der Waals surface area contributed by atoms with Gasteiger partial charge >= 0.3 is 0 Å². The monoisotopic (exact) mass is 286 g/mol. The molecule has 4 N–H and O–H groups in total. The van der Waals surface area contributed by atoms with Gasteiger partial charge in [-0.25, -0.2) is 13.1 Å². The van der Waals surface area contributed by atoms with Gasteiger partial charge in [0.1, 0.15) is 10.7 Å². The number of anilines is 1. The number of nitrogens with one attached hydrogen (secondary N) is 2. The molecule has 0 bridgehead atoms. The molecule has 6 nitrogen and oxygen atoms in total. The highest BCUT2D eigenvalue weighted by atomic mass is 32.2. The minimum atomic E-state index is -3.62. The predicted molar refractivity (Wildman–Crippen MR) is 70.8 cm³/mol. The maximum Gasteiger partial charge on any atom is 0.246 e. The molecule has 0 aromatic carbocycles. The Bertz CT molecular complexity index is 604. The van der Waals surface area contributed by atoms with Crippen molar-refractivity contribution in [3.05, 3.63) is 28.6 Å². The Morgan fingerprint density at radius 1 is 1.61 bits per heavy atom. The van der Waals surface area contributed by atoms with Crippen LogP contribution in [-0.2, 0) is 16.4 Å². The molecule has 0 saturated heterocycles. The van der Waals surface area contributed by atoms with Crippen molar-refractivity contribution < 1.29 is 8.42 Å². The molecule has 0 amide bonds. The van der Waals surface area contributed by atoms with Crippen LogP contribution in [0.15, 0.2) is 27.9 Å². The van der Waals surface area contributed by atoms with Crippen molar-refractivity contribution in [2.45, 2.75) is 24.3 Å². The first-order valence-corrected chi connectivity index (χ1v) is 7.74. The summed E-state index contributed by atoms with van der Waals surface area (Å²) >= 11 is 1.59. The normalized spacial score (nSPS) is 13.6. The van der Waals surface area contributed by atoms with Crippen molar-refractivity contribution in [3.8, 4) is 0 Å². The van der Waals surface area contributed by atoms with Gasteiger partial charge in [-0.1, -0.05) is 0 Å². The van der Waals surface area contributed by atoms with E-state index in [-0.39, 0.29) is 16.8 Å². The van der Waals surface area contributed by atoms with Crippen molar-refractivity contribution in [2.75, 3.05) is 5.73 Å². The summed E-state index contributed by atoms with van der Waals surface area (Å²) in [7, 11) is -3.62. The maximum atomic E-state index is 12.0. The van der Waals surface area contributed by atoms with E-state index in [2.05, 4.69) is 14.9 Å². The Morgan fingerprint density at radius 3 is 2.94 bits per heavy atom. The number of nitrogens with zero attached hydrogens (tertiary/aromatic N) is 1. The summed E-state index contributed by atoms with van der Waals surface area (Å²) in [5.74, 6) is 0.0465. The number of aromatic amines is 1. The van der Waals surface area contributed by atoms with Gasteiger partial charge in [0.2, 0.25) is 10.0 Å². The summed E-state index contributed by atoms with van der Waals surface area (Å²) in [4.78, 5) is -0.0142. The van der Waals surface area contributed by atoms with E-state index >= 15 is 0 Å². The molecule has 2 rings (SSSR count). The van der Waals surface area contributed by atoms with Gasteiger partial charge < -0.3 is 5.73 Å². The Balaban J connectivity index is 2.07. The molecule has 1 unspecified atom stereocenters. The lowest BCUT2D eigenvalue weighted by Gasteiger charge is -2.12. The van der Waals surface area contributed by atoms with E-state index in [0.717, 1.165) is 5.56 Å². The fourth-order valence-corrected chi connectivity index (χ4v) is 3.58. The van der Waals surface area contributed by atoms with Crippen LogP contribution in [-0.4, -0.2) is 24.7 Å². The zero-order valence-electron chi connectivity index (χ0n) is 9.75. The summed E-state index contributed by atoms with van der Waals surface area (Å²) in [5.41, 5.74) is 6.61. The second kappa shape index (κ2) is 5.09. The molecule has 0 aliphatic carbocycles. The van der Waals surface area contributed by atoms with E-state index in [1.807, 2.05) is 23.8 Å². The zero-order valence-corrected chi connectivity index (χ0v) is 11.4. The van der Waals surface area contributed by atoms with Gasteiger partial charge in [0, 0.05) is 6.04 Å². The molecule has 0 fully saturated rings. The number of aromatic nitrogens is 2. The van der Waals surface area contributed by atoms with Crippen LogP contribution in [0, 0.1) is 0 Å². The quantitative estimate of drug-likeness (QED) is 0.762. The van der Waals surface area contributed by atoms with Crippen LogP contribution in [0.2, 0.25) is 0 Å². The molecule has 0 aliphatic heterocycles. The number of nitrogens with two attached hydrogens (primary N) is 1. The number of H-pyrrole nitrogens is 1. The Kier molecular flexibility index (Phi) is 3.69. The third kappa shape index (κ3) is 2.89. The first-order valence-electron chi connectivity index (χ1n) is 5.31. The summed E-state index contributed by atoms with van der Waals surface area (Å²) in [6, 6.07) is 1.76. The Hall–Kier alpha value is -1.38. The van der Waals surface area contributed by atoms with E-state index in [4.69, 9.17) is 5.73 Å². The van der Waals surface area contributed by atoms with Crippen LogP contribution in [0.3, 0.4) is 0 Å². The molecule has 2 heterocycles. The number of hydrogen-bond donors (Lipinski definition) is 3. The SMILES string of the molecule is CC(Cc1ccsc1)NS(=O)(=O)c1cn[nH]c1N. The Labute approximate surface area is 109 Å². The van der Waals surface area contributed by atoms with E-state index in [0.29, 0.717) is 6.42 Å². The van der Waals surface area contributed by atoms with Crippen LogP contribution in [0.4, 0.5) is 5.82 Å². The topological polar surface area (TPSA) is 101 Å². The van der Waals surface area contributed by atoms with Gasteiger partial charge in [0.15, 0.2) is 0 Å². The Morgan fingerprint density at radius 2 is 2.39 bits per heavy atom. The standard InChI is InChI=1S/C10H14N4O2S2/c1-7(4-8-2-3-17-6-8)14-18(15,16)9-5-12-13-10(9)11/h2-3,5-7,14H,4H2,1H3,(H3,11,12,13). The minimum absolute atomic E-state index is 0.0142. The van der Waals surface area contributed by atoms with E-state index in [9.17, 15) is 8.42 Å². The summed E-state index contributed by atoms with van der Waals surface area (Å²) < 4.78 is 26.6. The first-order chi connectivity index (χ1) is 8.49. The zero-order chi connectivity index (χ0) is 13.2. The molecule has 8 heteroatoms. The number of thiophene rings is 1. The van der Waals surface area contributed by atoms with Crippen LogP contribution in [0.1, 0.15) is 12.5 Å². The fraction of sp³-hybridized carbons (Fsp3) is 0.300. The highest BCUT2D eigenvalue weighted by Gasteiger charge is 2.21. The molecule has 2 aromatic rings. The van der Waals surface area contributed by atoms with Gasteiger partial charge in [-0.05, 0) is 35.7 Å². The van der Waals surface area contributed by atoms with E-state index in [1.54, 1.807) is 11.3 Å². The third-order valence-corrected chi connectivity index (χ3v) is 4.75. The molecule has 0 spiro atoms. The molecule has 18 heavy (non-hydrogen) atoms. The molecular weight excluding hydrogens is 272 g/mol. The predicted octanol–water partition coefficient (Wildman–Crippen LogP) is 0.963. The number of rotatable bonds is 5. The third-order valence-electron chi connectivity index (χ3n) is 2.40. The van der Waals surface area contributed by atoms with Gasteiger partial charge in [-0.2, -0.15) is 16.4 Å². The summed E-state index contributed by atoms with van der Waals surface area (Å²) in [6.07, 6.45) is 1.84. The van der Waals surface area contributed by atoms with Crippen molar-refractivity contribution in [1.29, 1.82) is 0 Å². The largest absolute Gasteiger partial charge is 0.383 e. The van der Waals surface area contributed by atoms with Gasteiger partial charge in [0.05, 0.1) is 6.20 Å². The molecule has 98 valence electrons. The second-order valence-corrected chi connectivity index (χ2v) is 6.47. The van der Waals surface area contributed by atoms with Crippen molar-refractivity contribution in [2.24, 2.45) is 0 Å². The molecular formula is C10H14N4O2S2. The van der Waals surface area contributed by atoms with Crippen molar-refractivity contribution in [1.82, 2.24) is 14.9 Å². The minimum Gasteiger partial charge on any atom is -0.383 e. The van der Waals surface area contributed by atoms with Crippen LogP contribution in [0.5, 0.6) is 0 Å². The van der Waals surface area contributed by atoms with Gasteiger partial charge in [-0.15, -0.1) is 0 Å². The average Bonchev–Trinajstić information content (AvgIpc) is 2.88. The van der Waals surface area contributed by atoms with E-state index < -0.39 is 10.0 Å². The molecule has 0 saturated carbocycles. The lowest BCUT2D eigenvalue weighted by Crippen LogP contribution is -2.34. The number of hydrogen-bond acceptors (Lipinski definition) is 5. The second-order valence-electron chi connectivity index (χ2n) is 4.01. The summed E-state index contributed by atoms with van der Waals surface area (Å²) in [6.45, 7) is 1.81. The van der Waals surface area contributed by atoms with Crippen LogP contribution in [0.25, 0.3) is 0 Å². The van der Waals surface area contributed by atoms with Crippen molar-refractivity contribution >= 4 is 27.2 Å². The van der Waals surface area contributed by atoms with Gasteiger partial charge in [0.25, 0.3) is 0 Å². The van der Waals surface area contributed by atoms with Crippen LogP contribution < -0.4 is 10.5 Å². The molecule has 0 aliphatic rings.